The molecule has 2 aromatic carbocycles. The number of methoxy groups -OCH3 is 1. The Balaban J connectivity index is 1.51. The Bertz CT molecular complexity index is 1130. The molecule has 1 aliphatic heterocycles. The molecule has 2 bridgehead atoms. The van der Waals surface area contributed by atoms with Gasteiger partial charge in [0.1, 0.15) is 22.7 Å². The number of hydrogen-bond donors (Lipinski definition) is 2. The molecule has 162 valence electrons. The van der Waals surface area contributed by atoms with Crippen molar-refractivity contribution in [3.8, 4) is 11.5 Å². The van der Waals surface area contributed by atoms with Crippen LogP contribution in [0.25, 0.3) is 0 Å². The highest BCUT2D eigenvalue weighted by atomic mass is 16.5. The molecule has 1 heterocycles. The Kier molecular flexibility index (Phi) is 4.01. The molecule has 0 saturated heterocycles. The van der Waals surface area contributed by atoms with E-state index in [-0.39, 0.29) is 39.3 Å². The van der Waals surface area contributed by atoms with Crippen molar-refractivity contribution >= 4 is 17.6 Å². The smallest absolute Gasteiger partial charge is 0.343 e. The summed E-state index contributed by atoms with van der Waals surface area (Å²) >= 11 is 0. The average molecular weight is 421 g/mol. The summed E-state index contributed by atoms with van der Waals surface area (Å²) < 4.78 is 11.3. The average Bonchev–Trinajstić information content (AvgIpc) is 3.31. The number of carbonyl (C=O) groups excluding carboxylic acids is 2. The van der Waals surface area contributed by atoms with Gasteiger partial charge in [-0.15, -0.1) is 0 Å². The molecule has 4 unspecified atom stereocenters. The van der Waals surface area contributed by atoms with Crippen molar-refractivity contribution in [2.45, 2.75) is 51.0 Å². The molecule has 6 heteroatoms. The summed E-state index contributed by atoms with van der Waals surface area (Å²) in [5.41, 5.74) is 1.40. The number of benzene rings is 2. The van der Waals surface area contributed by atoms with Crippen LogP contribution in [0.1, 0.15) is 66.3 Å². The first-order chi connectivity index (χ1) is 14.6. The molecule has 6 nitrogen and oxygen atoms in total. The van der Waals surface area contributed by atoms with Crippen molar-refractivity contribution in [2.24, 2.45) is 11.3 Å². The second-order valence-corrected chi connectivity index (χ2v) is 9.69. The highest BCUT2D eigenvalue weighted by Gasteiger charge is 2.73. The molecule has 3 aliphatic rings. The third-order valence-corrected chi connectivity index (χ3v) is 8.50. The number of esters is 1. The van der Waals surface area contributed by atoms with E-state index in [4.69, 9.17) is 9.47 Å². The zero-order valence-electron chi connectivity index (χ0n) is 18.2. The molecule has 5 rings (SSSR count). The monoisotopic (exact) mass is 421 g/mol. The molecule has 0 radical (unpaired) electrons. The number of aromatic hydroxyl groups is 1. The fraction of sp³-hybridized carbons (Fsp3) is 0.440. The largest absolute Gasteiger partial charge is 0.507 e. The molecule has 31 heavy (non-hydrogen) atoms. The van der Waals surface area contributed by atoms with Gasteiger partial charge in [0.15, 0.2) is 0 Å². The topological polar surface area (TPSA) is 84.9 Å². The number of rotatable bonds is 3. The Hall–Kier alpha value is -3.02. The standard InChI is InChI=1S/C25H27NO5/c1-23-11-10-15(13-23)25(3)24(23,2)16-12-14(8-9-19(16)31-25)21(28)26-17-6-5-7-18(27)20(17)22(29)30-4/h5-9,12,15,27H,10-11,13H2,1-4H3,(H,26,28). The number of amides is 1. The molecular weight excluding hydrogens is 394 g/mol. The first-order valence-corrected chi connectivity index (χ1v) is 10.7. The first-order valence-electron chi connectivity index (χ1n) is 10.7. The number of ether oxygens (including phenoxy) is 2. The van der Waals surface area contributed by atoms with E-state index in [1.165, 1.54) is 19.6 Å². The highest BCUT2D eigenvalue weighted by molar-refractivity contribution is 6.09. The number of carbonyl (C=O) groups is 2. The molecule has 4 atom stereocenters. The van der Waals surface area contributed by atoms with Gasteiger partial charge < -0.3 is 19.9 Å². The summed E-state index contributed by atoms with van der Waals surface area (Å²) in [6, 6.07) is 10.1. The first kappa shape index (κ1) is 19.9. The number of fused-ring (bicyclic) bond motifs is 7. The minimum atomic E-state index is -0.714. The Morgan fingerprint density at radius 1 is 1.19 bits per heavy atom. The molecule has 2 aromatic rings. The molecule has 2 fully saturated rings. The van der Waals surface area contributed by atoms with Gasteiger partial charge in [-0.1, -0.05) is 19.9 Å². The van der Waals surface area contributed by atoms with Gasteiger partial charge in [0.2, 0.25) is 0 Å². The van der Waals surface area contributed by atoms with Crippen LogP contribution >= 0.6 is 0 Å². The maximum Gasteiger partial charge on any atom is 0.343 e. The van der Waals surface area contributed by atoms with E-state index in [9.17, 15) is 14.7 Å². The van der Waals surface area contributed by atoms with Crippen molar-refractivity contribution in [1.29, 1.82) is 0 Å². The number of phenolic OH excluding ortho intramolecular Hbond substituents is 1. The van der Waals surface area contributed by atoms with Crippen molar-refractivity contribution in [2.75, 3.05) is 12.4 Å². The lowest BCUT2D eigenvalue weighted by Crippen LogP contribution is -2.54. The normalized spacial score (nSPS) is 32.2. The van der Waals surface area contributed by atoms with Crippen LogP contribution in [0, 0.1) is 11.3 Å². The van der Waals surface area contributed by atoms with E-state index in [0.717, 1.165) is 24.2 Å². The van der Waals surface area contributed by atoms with Gasteiger partial charge in [-0.3, -0.25) is 4.79 Å². The van der Waals surface area contributed by atoms with Crippen LogP contribution in [0.15, 0.2) is 36.4 Å². The Morgan fingerprint density at radius 2 is 1.97 bits per heavy atom. The van der Waals surface area contributed by atoms with E-state index < -0.39 is 5.97 Å². The van der Waals surface area contributed by atoms with Gasteiger partial charge in [-0.05, 0) is 67.9 Å². The highest BCUT2D eigenvalue weighted by Crippen LogP contribution is 2.73. The fourth-order valence-electron chi connectivity index (χ4n) is 6.49. The molecule has 0 spiro atoms. The van der Waals surface area contributed by atoms with Crippen molar-refractivity contribution in [3.05, 3.63) is 53.1 Å². The molecule has 2 aliphatic carbocycles. The van der Waals surface area contributed by atoms with Crippen molar-refractivity contribution in [3.63, 3.8) is 0 Å². The van der Waals surface area contributed by atoms with Crippen molar-refractivity contribution in [1.82, 2.24) is 0 Å². The van der Waals surface area contributed by atoms with Gasteiger partial charge >= 0.3 is 5.97 Å². The SMILES string of the molecule is COC(=O)c1c(O)cccc1NC(=O)c1ccc2c(c1)C1(C)C3(C)CCC(C3)C1(C)O2. The second-order valence-electron chi connectivity index (χ2n) is 9.69. The minimum absolute atomic E-state index is 0.0667. The van der Waals surface area contributed by atoms with Crippen LogP contribution in [-0.2, 0) is 10.2 Å². The summed E-state index contributed by atoms with van der Waals surface area (Å²) in [7, 11) is 1.23. The van der Waals surface area contributed by atoms with Gasteiger partial charge in [0.05, 0.1) is 12.8 Å². The van der Waals surface area contributed by atoms with Gasteiger partial charge in [0, 0.05) is 16.5 Å². The van der Waals surface area contributed by atoms with Crippen LogP contribution < -0.4 is 10.1 Å². The summed E-state index contributed by atoms with van der Waals surface area (Å²) in [5.74, 6) is 0.0530. The minimum Gasteiger partial charge on any atom is -0.507 e. The molecule has 1 amide bonds. The lowest BCUT2D eigenvalue weighted by Gasteiger charge is -2.48. The predicted octanol–water partition coefficient (Wildman–Crippen LogP) is 4.66. The molecule has 2 N–H and O–H groups in total. The zero-order chi connectivity index (χ0) is 22.2. The summed E-state index contributed by atoms with van der Waals surface area (Å²) in [5, 5.41) is 12.8. The van der Waals surface area contributed by atoms with Gasteiger partial charge in [0.25, 0.3) is 5.91 Å². The van der Waals surface area contributed by atoms with Crippen LogP contribution in [0.5, 0.6) is 11.5 Å². The fourth-order valence-corrected chi connectivity index (χ4v) is 6.49. The zero-order valence-corrected chi connectivity index (χ0v) is 18.2. The summed E-state index contributed by atoms with van der Waals surface area (Å²) in [6.07, 6.45) is 3.48. The molecular formula is C25H27NO5. The van der Waals surface area contributed by atoms with E-state index in [0.29, 0.717) is 11.5 Å². The quantitative estimate of drug-likeness (QED) is 0.704. The molecule has 2 saturated carbocycles. The van der Waals surface area contributed by atoms with E-state index in [2.05, 4.69) is 26.1 Å². The van der Waals surface area contributed by atoms with E-state index in [1.807, 2.05) is 12.1 Å². The van der Waals surface area contributed by atoms with Crippen molar-refractivity contribution < 1.29 is 24.2 Å². The van der Waals surface area contributed by atoms with E-state index in [1.54, 1.807) is 18.2 Å². The second kappa shape index (κ2) is 6.25. The number of phenols is 1. The molecule has 0 aromatic heterocycles. The number of nitrogens with one attached hydrogen (secondary N) is 1. The lowest BCUT2D eigenvalue weighted by molar-refractivity contribution is -0.0260. The Morgan fingerprint density at radius 3 is 2.71 bits per heavy atom. The summed E-state index contributed by atoms with van der Waals surface area (Å²) in [4.78, 5) is 25.2. The lowest BCUT2D eigenvalue weighted by atomic mass is 9.56. The summed E-state index contributed by atoms with van der Waals surface area (Å²) in [6.45, 7) is 6.85. The predicted molar refractivity (Wildman–Crippen MR) is 116 cm³/mol. The number of anilines is 1. The third kappa shape index (κ3) is 2.39. The van der Waals surface area contributed by atoms with Gasteiger partial charge in [-0.2, -0.15) is 0 Å². The Labute approximate surface area is 181 Å². The van der Waals surface area contributed by atoms with Gasteiger partial charge in [-0.25, -0.2) is 4.79 Å². The maximum atomic E-state index is 13.1. The third-order valence-electron chi connectivity index (χ3n) is 8.50. The maximum absolute atomic E-state index is 13.1. The van der Waals surface area contributed by atoms with Crippen LogP contribution in [-0.4, -0.2) is 29.7 Å². The van der Waals surface area contributed by atoms with Crippen LogP contribution in [0.3, 0.4) is 0 Å². The number of hydrogen-bond acceptors (Lipinski definition) is 5. The van der Waals surface area contributed by atoms with E-state index >= 15 is 0 Å². The van der Waals surface area contributed by atoms with Crippen LogP contribution in [0.2, 0.25) is 0 Å². The van der Waals surface area contributed by atoms with Crippen LogP contribution in [0.4, 0.5) is 5.69 Å².